The highest BCUT2D eigenvalue weighted by Crippen LogP contribution is 2.44. The van der Waals surface area contributed by atoms with E-state index in [0.29, 0.717) is 23.5 Å². The number of anilines is 2. The molecule has 176 valence electrons. The Balaban J connectivity index is 1.32. The molecule has 2 aromatic carbocycles. The molecule has 0 saturated heterocycles. The second kappa shape index (κ2) is 8.17. The Hall–Kier alpha value is -4.86. The molecule has 2 heterocycles. The van der Waals surface area contributed by atoms with Gasteiger partial charge in [-0.05, 0) is 41.1 Å². The highest BCUT2D eigenvalue weighted by atomic mass is 19.4. The number of hydrogen-bond acceptors (Lipinski definition) is 5. The van der Waals surface area contributed by atoms with E-state index in [9.17, 15) is 27.9 Å². The Morgan fingerprint density at radius 3 is 2.51 bits per heavy atom. The molecule has 0 radical (unpaired) electrons. The molecule has 1 unspecified atom stereocenters. The number of halogens is 3. The third kappa shape index (κ3) is 4.49. The molecule has 1 saturated carbocycles. The van der Waals surface area contributed by atoms with Gasteiger partial charge in [0.15, 0.2) is 11.6 Å². The summed E-state index contributed by atoms with van der Waals surface area (Å²) in [4.78, 5) is 23.9. The summed E-state index contributed by atoms with van der Waals surface area (Å²) in [7, 11) is 0. The zero-order chi connectivity index (χ0) is 24.7. The molecule has 10 nitrogen and oxygen atoms in total. The highest BCUT2D eigenvalue weighted by molar-refractivity contribution is 6.41. The molecule has 2 aliphatic rings. The molecule has 0 bridgehead atoms. The van der Waals surface area contributed by atoms with E-state index in [2.05, 4.69) is 36.1 Å². The fourth-order valence-electron chi connectivity index (χ4n) is 3.55. The van der Waals surface area contributed by atoms with Gasteiger partial charge < -0.3 is 20.5 Å². The molecule has 1 aliphatic carbocycles. The number of amides is 2. The quantitative estimate of drug-likeness (QED) is 0.478. The molecule has 1 aliphatic heterocycles. The SMILES string of the molecule is O=C(Nc1ccc(-c2nnc3n2C2CC2=C=[N+]=C3C(=O)O)cc1)Nc1ccccc1OC(F)(F)F. The molecule has 0 spiro atoms. The molecule has 35 heavy (non-hydrogen) atoms. The number of aromatic nitrogens is 3. The lowest BCUT2D eigenvalue weighted by atomic mass is 10.2. The second-order valence-electron chi connectivity index (χ2n) is 7.54. The van der Waals surface area contributed by atoms with Crippen LogP contribution < -0.4 is 20.0 Å². The van der Waals surface area contributed by atoms with Crippen LogP contribution in [0.1, 0.15) is 18.3 Å². The predicted molar refractivity (Wildman–Crippen MR) is 117 cm³/mol. The van der Waals surface area contributed by atoms with Gasteiger partial charge in [-0.25, -0.2) is 9.59 Å². The minimum Gasteiger partial charge on any atom is -0.472 e. The Kier molecular flexibility index (Phi) is 5.13. The summed E-state index contributed by atoms with van der Waals surface area (Å²) in [6, 6.07) is 10.7. The summed E-state index contributed by atoms with van der Waals surface area (Å²) in [6.07, 6.45) is -4.25. The summed E-state index contributed by atoms with van der Waals surface area (Å²) in [5.74, 6) is 1.49. The summed E-state index contributed by atoms with van der Waals surface area (Å²) in [5.41, 5.74) is 1.38. The number of ether oxygens (including phenoxy) is 1. The number of benzene rings is 2. The van der Waals surface area contributed by atoms with Gasteiger partial charge in [-0.15, -0.1) is 23.4 Å². The van der Waals surface area contributed by atoms with Crippen molar-refractivity contribution in [2.24, 2.45) is 0 Å². The Morgan fingerprint density at radius 1 is 1.09 bits per heavy atom. The first kappa shape index (κ1) is 22.0. The smallest absolute Gasteiger partial charge is 0.472 e. The fourth-order valence-corrected chi connectivity index (χ4v) is 3.55. The van der Waals surface area contributed by atoms with E-state index in [0.717, 1.165) is 11.6 Å². The molecule has 1 fully saturated rings. The van der Waals surface area contributed by atoms with Gasteiger partial charge in [-0.3, -0.25) is 4.57 Å². The van der Waals surface area contributed by atoms with Gasteiger partial charge in [0, 0.05) is 17.7 Å². The minimum atomic E-state index is -4.91. The molecule has 2 amide bonds. The number of carbonyl (C=O) groups excluding carboxylic acids is 1. The number of nitrogens with one attached hydrogen (secondary N) is 2. The first-order chi connectivity index (χ1) is 16.7. The number of carbonyl (C=O) groups is 2. The summed E-state index contributed by atoms with van der Waals surface area (Å²) < 4.78 is 47.2. The number of fused-ring (bicyclic) bond motifs is 3. The zero-order valence-electron chi connectivity index (χ0n) is 17.5. The lowest BCUT2D eigenvalue weighted by molar-refractivity contribution is -0.274. The summed E-state index contributed by atoms with van der Waals surface area (Å²) in [6.45, 7) is 0. The average Bonchev–Trinajstić information content (AvgIpc) is 3.46. The number of allylic oxidation sites excluding steroid dienone is 1. The Morgan fingerprint density at radius 2 is 1.80 bits per heavy atom. The molecule has 13 heteroatoms. The Labute approximate surface area is 194 Å². The number of alkyl halides is 3. The average molecular weight is 483 g/mol. The molecule has 3 N–H and O–H groups in total. The van der Waals surface area contributed by atoms with E-state index in [-0.39, 0.29) is 23.3 Å². The first-order valence-electron chi connectivity index (χ1n) is 10.1. The lowest BCUT2D eigenvalue weighted by Gasteiger charge is -2.14. The zero-order valence-corrected chi connectivity index (χ0v) is 17.5. The van der Waals surface area contributed by atoms with Crippen LogP contribution in [0.3, 0.4) is 0 Å². The normalized spacial score (nSPS) is 15.7. The number of para-hydroxylation sites is 2. The maximum atomic E-state index is 12.6. The maximum absolute atomic E-state index is 12.6. The van der Waals surface area contributed by atoms with Crippen LogP contribution in [-0.2, 0) is 4.79 Å². The van der Waals surface area contributed by atoms with Gasteiger partial charge in [0.2, 0.25) is 0 Å². The highest BCUT2D eigenvalue weighted by Gasteiger charge is 2.45. The van der Waals surface area contributed by atoms with E-state index >= 15 is 0 Å². The van der Waals surface area contributed by atoms with Crippen molar-refractivity contribution < 1.29 is 32.6 Å². The van der Waals surface area contributed by atoms with Crippen molar-refractivity contribution in [3.63, 3.8) is 0 Å². The molecule has 5 rings (SSSR count). The third-order valence-corrected chi connectivity index (χ3v) is 5.15. The number of nitrogens with zero attached hydrogens (tertiary/aromatic N) is 4. The van der Waals surface area contributed by atoms with E-state index < -0.39 is 24.1 Å². The molecule has 1 aromatic heterocycles. The van der Waals surface area contributed by atoms with Crippen molar-refractivity contribution in [3.8, 4) is 17.1 Å². The topological polar surface area (TPSA) is 132 Å². The van der Waals surface area contributed by atoms with Gasteiger partial charge in [-0.1, -0.05) is 12.1 Å². The standard InChI is InChI=1S/C22H13F3N6O4/c23-22(24,25)35-16-4-2-1-3-14(16)28-21(34)27-13-7-5-11(6-8-13)18-29-30-19-17(20(32)33)26-10-12-9-15(12)31(18)19/h1-8,15H,9H2,(H2,28,32,33,34)/p+1. The van der Waals surface area contributed by atoms with Crippen LogP contribution >= 0.6 is 0 Å². The maximum Gasteiger partial charge on any atom is 0.573 e. The van der Waals surface area contributed by atoms with Crippen LogP contribution in [-0.4, -0.2) is 49.8 Å². The van der Waals surface area contributed by atoms with Crippen molar-refractivity contribution in [2.75, 3.05) is 10.6 Å². The third-order valence-electron chi connectivity index (χ3n) is 5.15. The monoisotopic (exact) mass is 483 g/mol. The van der Waals surface area contributed by atoms with Gasteiger partial charge in [0.1, 0.15) is 0 Å². The minimum absolute atomic E-state index is 0.124. The van der Waals surface area contributed by atoms with Crippen molar-refractivity contribution in [3.05, 3.63) is 59.9 Å². The van der Waals surface area contributed by atoms with Crippen molar-refractivity contribution in [1.82, 2.24) is 19.4 Å². The van der Waals surface area contributed by atoms with Crippen molar-refractivity contribution >= 4 is 35.0 Å². The lowest BCUT2D eigenvalue weighted by Crippen LogP contribution is -2.22. The van der Waals surface area contributed by atoms with Crippen molar-refractivity contribution in [2.45, 2.75) is 18.8 Å². The number of aliphatic carboxylic acids is 1. The first-order valence-corrected chi connectivity index (χ1v) is 10.1. The largest absolute Gasteiger partial charge is 0.573 e. The summed E-state index contributed by atoms with van der Waals surface area (Å²) >= 11 is 0. The van der Waals surface area contributed by atoms with Gasteiger partial charge in [0.05, 0.1) is 17.3 Å². The van der Waals surface area contributed by atoms with Gasteiger partial charge in [0.25, 0.3) is 5.82 Å². The fraction of sp³-hybridized carbons (Fsp3) is 0.136. The summed E-state index contributed by atoms with van der Waals surface area (Å²) in [5, 5.41) is 22.4. The molecular formula is C22H14F3N6O4+. The van der Waals surface area contributed by atoms with E-state index in [1.54, 1.807) is 28.8 Å². The van der Waals surface area contributed by atoms with Crippen LogP contribution in [0, 0.1) is 0 Å². The van der Waals surface area contributed by atoms with Crippen LogP contribution in [0.4, 0.5) is 29.3 Å². The number of hydrogen-bond donors (Lipinski definition) is 3. The number of rotatable bonds is 5. The van der Waals surface area contributed by atoms with E-state index in [1.807, 2.05) is 0 Å². The van der Waals surface area contributed by atoms with E-state index in [4.69, 9.17) is 0 Å². The van der Waals surface area contributed by atoms with Gasteiger partial charge in [-0.2, -0.15) is 0 Å². The van der Waals surface area contributed by atoms with Gasteiger partial charge >= 0.3 is 29.9 Å². The Bertz CT molecular complexity index is 1470. The molecule has 1 atom stereocenters. The molecular weight excluding hydrogens is 469 g/mol. The van der Waals surface area contributed by atoms with Crippen LogP contribution in [0.5, 0.6) is 5.75 Å². The predicted octanol–water partition coefficient (Wildman–Crippen LogP) is 2.98. The van der Waals surface area contributed by atoms with Crippen LogP contribution in [0.25, 0.3) is 11.4 Å². The number of carboxylic acid groups (broad SMARTS) is 1. The van der Waals surface area contributed by atoms with Crippen LogP contribution in [0.2, 0.25) is 0 Å². The number of carboxylic acids is 1. The number of urea groups is 1. The molecule has 3 aromatic rings. The van der Waals surface area contributed by atoms with E-state index in [1.165, 1.54) is 18.2 Å². The van der Waals surface area contributed by atoms with Crippen molar-refractivity contribution in [1.29, 1.82) is 0 Å². The van der Waals surface area contributed by atoms with Crippen LogP contribution in [0.15, 0.2) is 54.1 Å². The second-order valence-corrected chi connectivity index (χ2v) is 7.54.